The largest absolute Gasteiger partial charge is 0.497 e. The average molecular weight is 347 g/mol. The van der Waals surface area contributed by atoms with Crippen molar-refractivity contribution in [1.29, 1.82) is 0 Å². The molecule has 0 spiro atoms. The summed E-state index contributed by atoms with van der Waals surface area (Å²) in [5.74, 6) is 1.97. The van der Waals surface area contributed by atoms with Gasteiger partial charge in [0.25, 0.3) is 0 Å². The van der Waals surface area contributed by atoms with Gasteiger partial charge in [0.1, 0.15) is 11.6 Å². The van der Waals surface area contributed by atoms with Crippen LogP contribution in [-0.2, 0) is 11.2 Å². The highest BCUT2D eigenvalue weighted by Gasteiger charge is 2.28. The molecule has 26 heavy (non-hydrogen) atoms. The van der Waals surface area contributed by atoms with Gasteiger partial charge in [0, 0.05) is 12.0 Å². The molecule has 5 heteroatoms. The van der Waals surface area contributed by atoms with E-state index < -0.39 is 0 Å². The first kappa shape index (κ1) is 16.4. The summed E-state index contributed by atoms with van der Waals surface area (Å²) in [5.41, 5.74) is 2.93. The van der Waals surface area contributed by atoms with E-state index in [1.165, 1.54) is 12.8 Å². The second-order valence-corrected chi connectivity index (χ2v) is 6.55. The molecular formula is C21H21N3O2. The summed E-state index contributed by atoms with van der Waals surface area (Å²) in [4.78, 5) is 12.5. The van der Waals surface area contributed by atoms with Crippen molar-refractivity contribution in [3.05, 3.63) is 71.9 Å². The third-order valence-corrected chi connectivity index (χ3v) is 4.52. The van der Waals surface area contributed by atoms with Gasteiger partial charge in [-0.3, -0.25) is 4.79 Å². The molecule has 0 atom stereocenters. The molecule has 132 valence electrons. The summed E-state index contributed by atoms with van der Waals surface area (Å²) < 4.78 is 6.97. The van der Waals surface area contributed by atoms with E-state index in [1.807, 2.05) is 65.3 Å². The number of aromatic nitrogens is 2. The van der Waals surface area contributed by atoms with Crippen molar-refractivity contribution in [3.63, 3.8) is 0 Å². The van der Waals surface area contributed by atoms with E-state index in [0.717, 1.165) is 28.5 Å². The lowest BCUT2D eigenvalue weighted by atomic mass is 10.1. The Morgan fingerprint density at radius 3 is 2.54 bits per heavy atom. The smallest absolute Gasteiger partial charge is 0.229 e. The quantitative estimate of drug-likeness (QED) is 0.735. The van der Waals surface area contributed by atoms with Crippen LogP contribution in [0, 0.1) is 0 Å². The maximum Gasteiger partial charge on any atom is 0.229 e. The van der Waals surface area contributed by atoms with Gasteiger partial charge in [0.05, 0.1) is 24.9 Å². The van der Waals surface area contributed by atoms with Crippen LogP contribution in [0.4, 0.5) is 5.82 Å². The Bertz CT molecular complexity index is 897. The number of hydrogen-bond donors (Lipinski definition) is 1. The Morgan fingerprint density at radius 1 is 1.15 bits per heavy atom. The lowest BCUT2D eigenvalue weighted by Gasteiger charge is -2.09. The van der Waals surface area contributed by atoms with Crippen molar-refractivity contribution in [2.75, 3.05) is 12.4 Å². The maximum absolute atomic E-state index is 12.5. The maximum atomic E-state index is 12.5. The van der Waals surface area contributed by atoms with Gasteiger partial charge in [-0.1, -0.05) is 30.3 Å². The van der Waals surface area contributed by atoms with Crippen LogP contribution in [0.2, 0.25) is 0 Å². The molecule has 1 saturated carbocycles. The van der Waals surface area contributed by atoms with Gasteiger partial charge in [-0.05, 0) is 42.7 Å². The van der Waals surface area contributed by atoms with Crippen molar-refractivity contribution >= 4 is 11.7 Å². The molecule has 0 radical (unpaired) electrons. The topological polar surface area (TPSA) is 56.1 Å². The second-order valence-electron chi connectivity index (χ2n) is 6.55. The average Bonchev–Trinajstić information content (AvgIpc) is 3.44. The number of para-hydroxylation sites is 1. The van der Waals surface area contributed by atoms with E-state index in [2.05, 4.69) is 5.32 Å². The van der Waals surface area contributed by atoms with Crippen LogP contribution in [0.15, 0.2) is 60.7 Å². The highest BCUT2D eigenvalue weighted by atomic mass is 16.5. The van der Waals surface area contributed by atoms with Gasteiger partial charge in [-0.15, -0.1) is 0 Å². The summed E-state index contributed by atoms with van der Waals surface area (Å²) in [7, 11) is 1.63. The minimum Gasteiger partial charge on any atom is -0.497 e. The van der Waals surface area contributed by atoms with Crippen LogP contribution in [0.5, 0.6) is 5.75 Å². The molecule has 0 aliphatic heterocycles. The number of hydrogen-bond acceptors (Lipinski definition) is 3. The summed E-state index contributed by atoms with van der Waals surface area (Å²) in [6.07, 6.45) is 2.65. The van der Waals surface area contributed by atoms with Crippen molar-refractivity contribution in [1.82, 2.24) is 9.78 Å². The molecule has 1 heterocycles. The molecule has 1 aliphatic rings. The summed E-state index contributed by atoms with van der Waals surface area (Å²) in [5, 5.41) is 7.73. The van der Waals surface area contributed by atoms with Crippen molar-refractivity contribution < 1.29 is 9.53 Å². The lowest BCUT2D eigenvalue weighted by Crippen LogP contribution is -2.17. The molecular weight excluding hydrogens is 326 g/mol. The number of rotatable bonds is 6. The van der Waals surface area contributed by atoms with Gasteiger partial charge >= 0.3 is 0 Å². The fourth-order valence-electron chi connectivity index (χ4n) is 2.95. The highest BCUT2D eigenvalue weighted by Crippen LogP contribution is 2.40. The SMILES string of the molecule is COc1ccc(CC(=O)Nc2cc(C3CC3)nn2-c2ccccc2)cc1. The van der Waals surface area contributed by atoms with Crippen LogP contribution < -0.4 is 10.1 Å². The third kappa shape index (κ3) is 3.61. The first-order valence-electron chi connectivity index (χ1n) is 8.81. The van der Waals surface area contributed by atoms with E-state index >= 15 is 0 Å². The number of methoxy groups -OCH3 is 1. The predicted octanol–water partition coefficient (Wildman–Crippen LogP) is 3.94. The minimum absolute atomic E-state index is 0.0606. The van der Waals surface area contributed by atoms with Crippen LogP contribution in [0.1, 0.15) is 30.0 Å². The standard InChI is InChI=1S/C21H21N3O2/c1-26-18-11-7-15(8-12-18)13-21(25)22-20-14-19(16-9-10-16)23-24(20)17-5-3-2-4-6-17/h2-8,11-12,14,16H,9-10,13H2,1H3,(H,22,25). The Kier molecular flexibility index (Phi) is 4.44. The van der Waals surface area contributed by atoms with Crippen molar-refractivity contribution in [2.24, 2.45) is 0 Å². The van der Waals surface area contributed by atoms with Crippen molar-refractivity contribution in [3.8, 4) is 11.4 Å². The van der Waals surface area contributed by atoms with E-state index in [0.29, 0.717) is 12.3 Å². The number of carbonyl (C=O) groups excluding carboxylic acids is 1. The van der Waals surface area contributed by atoms with Gasteiger partial charge in [-0.25, -0.2) is 4.68 Å². The minimum atomic E-state index is -0.0606. The van der Waals surface area contributed by atoms with Crippen LogP contribution in [0.3, 0.4) is 0 Å². The summed E-state index contributed by atoms with van der Waals surface area (Å²) in [6, 6.07) is 19.4. The highest BCUT2D eigenvalue weighted by molar-refractivity contribution is 5.91. The zero-order valence-corrected chi connectivity index (χ0v) is 14.7. The van der Waals surface area contributed by atoms with Gasteiger partial charge < -0.3 is 10.1 Å². The summed E-state index contributed by atoms with van der Waals surface area (Å²) >= 11 is 0. The zero-order valence-electron chi connectivity index (χ0n) is 14.7. The Labute approximate surface area is 152 Å². The molecule has 0 unspecified atom stereocenters. The number of benzene rings is 2. The van der Waals surface area contributed by atoms with E-state index in [-0.39, 0.29) is 5.91 Å². The second kappa shape index (κ2) is 7.04. The summed E-state index contributed by atoms with van der Waals surface area (Å²) in [6.45, 7) is 0. The van der Waals surface area contributed by atoms with Crippen LogP contribution >= 0.6 is 0 Å². The van der Waals surface area contributed by atoms with Crippen molar-refractivity contribution in [2.45, 2.75) is 25.2 Å². The molecule has 1 aliphatic carbocycles. The number of nitrogens with zero attached hydrogens (tertiary/aromatic N) is 2. The zero-order chi connectivity index (χ0) is 17.9. The Morgan fingerprint density at radius 2 is 1.88 bits per heavy atom. The fourth-order valence-corrected chi connectivity index (χ4v) is 2.95. The fraction of sp³-hybridized carbons (Fsp3) is 0.238. The molecule has 0 bridgehead atoms. The molecule has 1 aromatic heterocycles. The number of carbonyl (C=O) groups is 1. The Balaban J connectivity index is 1.53. The predicted molar refractivity (Wildman–Crippen MR) is 101 cm³/mol. The van der Waals surface area contributed by atoms with E-state index in [9.17, 15) is 4.79 Å². The molecule has 2 aromatic carbocycles. The third-order valence-electron chi connectivity index (χ3n) is 4.52. The van der Waals surface area contributed by atoms with Gasteiger partial charge in [-0.2, -0.15) is 5.10 Å². The lowest BCUT2D eigenvalue weighted by molar-refractivity contribution is -0.115. The number of anilines is 1. The first-order valence-corrected chi connectivity index (χ1v) is 8.81. The van der Waals surface area contributed by atoms with Crippen LogP contribution in [-0.4, -0.2) is 22.8 Å². The molecule has 5 nitrogen and oxygen atoms in total. The van der Waals surface area contributed by atoms with E-state index in [1.54, 1.807) is 7.11 Å². The number of nitrogens with one attached hydrogen (secondary N) is 1. The van der Waals surface area contributed by atoms with Crippen LogP contribution in [0.25, 0.3) is 5.69 Å². The normalized spacial score (nSPS) is 13.4. The molecule has 1 fully saturated rings. The monoisotopic (exact) mass is 347 g/mol. The van der Waals surface area contributed by atoms with Gasteiger partial charge in [0.2, 0.25) is 5.91 Å². The number of amides is 1. The molecule has 4 rings (SSSR count). The Hall–Kier alpha value is -3.08. The number of ether oxygens (including phenoxy) is 1. The molecule has 0 saturated heterocycles. The van der Waals surface area contributed by atoms with E-state index in [4.69, 9.17) is 9.84 Å². The molecule has 1 N–H and O–H groups in total. The molecule has 3 aromatic rings. The first-order chi connectivity index (χ1) is 12.7. The molecule has 1 amide bonds. The van der Waals surface area contributed by atoms with Gasteiger partial charge in [0.15, 0.2) is 0 Å².